The van der Waals surface area contributed by atoms with Crippen LogP contribution in [-0.4, -0.2) is 29.5 Å². The van der Waals surface area contributed by atoms with E-state index in [1.165, 1.54) is 0 Å². The minimum absolute atomic E-state index is 0.0203. The summed E-state index contributed by atoms with van der Waals surface area (Å²) in [6, 6.07) is 21.7. The molecule has 0 aliphatic carbocycles. The lowest BCUT2D eigenvalue weighted by Crippen LogP contribution is -2.12. The van der Waals surface area contributed by atoms with Crippen LogP contribution in [0.2, 0.25) is 0 Å². The van der Waals surface area contributed by atoms with Crippen molar-refractivity contribution < 1.29 is 24.1 Å². The predicted molar refractivity (Wildman–Crippen MR) is 119 cm³/mol. The van der Waals surface area contributed by atoms with Gasteiger partial charge < -0.3 is 24.7 Å². The molecule has 31 heavy (non-hydrogen) atoms. The van der Waals surface area contributed by atoms with Gasteiger partial charge in [-0.3, -0.25) is 4.79 Å². The van der Waals surface area contributed by atoms with Gasteiger partial charge in [0, 0.05) is 11.6 Å². The number of para-hydroxylation sites is 1. The summed E-state index contributed by atoms with van der Waals surface area (Å²) in [5, 5.41) is 17.5. The molecule has 0 heterocycles. The second-order valence-corrected chi connectivity index (χ2v) is 7.26. The highest BCUT2D eigenvalue weighted by Crippen LogP contribution is 2.25. The van der Waals surface area contributed by atoms with E-state index in [0.29, 0.717) is 28.4 Å². The molecule has 0 amide bonds. The molecule has 0 fully saturated rings. The summed E-state index contributed by atoms with van der Waals surface area (Å²) in [5.41, 5.74) is 1.52. The van der Waals surface area contributed by atoms with Crippen molar-refractivity contribution in [1.29, 1.82) is 5.41 Å². The summed E-state index contributed by atoms with van der Waals surface area (Å²) < 4.78 is 17.3. The third-order valence-corrected chi connectivity index (χ3v) is 4.21. The molecule has 0 unspecified atom stereocenters. The summed E-state index contributed by atoms with van der Waals surface area (Å²) >= 11 is 0. The van der Waals surface area contributed by atoms with Gasteiger partial charge in [0.15, 0.2) is 0 Å². The maximum absolute atomic E-state index is 11.1. The number of carbonyl (C=O) groups is 1. The lowest BCUT2D eigenvalue weighted by atomic mass is 10.1. The number of benzene rings is 3. The summed E-state index contributed by atoms with van der Waals surface area (Å²) in [6.45, 7) is 3.81. The van der Waals surface area contributed by atoms with Gasteiger partial charge in [-0.1, -0.05) is 30.3 Å². The Morgan fingerprint density at radius 2 is 1.61 bits per heavy atom. The van der Waals surface area contributed by atoms with Crippen LogP contribution in [0.5, 0.6) is 23.0 Å². The summed E-state index contributed by atoms with van der Waals surface area (Å²) in [5.74, 6) is 1.40. The number of rotatable bonds is 10. The molecule has 0 atom stereocenters. The third kappa shape index (κ3) is 6.89. The zero-order chi connectivity index (χ0) is 22.2. The van der Waals surface area contributed by atoms with Crippen molar-refractivity contribution in [2.24, 2.45) is 0 Å². The Bertz CT molecular complexity index is 1050. The zero-order valence-corrected chi connectivity index (χ0v) is 17.5. The summed E-state index contributed by atoms with van der Waals surface area (Å²) in [4.78, 5) is 11.1. The number of nitrogens with one attached hydrogen (secondary N) is 1. The molecular weight excluding hydrogens is 394 g/mol. The Hall–Kier alpha value is -3.80. The highest BCUT2D eigenvalue weighted by atomic mass is 16.5. The third-order valence-electron chi connectivity index (χ3n) is 4.21. The van der Waals surface area contributed by atoms with E-state index in [0.717, 1.165) is 5.75 Å². The van der Waals surface area contributed by atoms with E-state index < -0.39 is 5.97 Å². The second-order valence-electron chi connectivity index (χ2n) is 7.26. The Balaban J connectivity index is 1.69. The first-order chi connectivity index (χ1) is 14.9. The van der Waals surface area contributed by atoms with E-state index in [2.05, 4.69) is 0 Å². The normalized spacial score (nSPS) is 10.5. The zero-order valence-electron chi connectivity index (χ0n) is 17.5. The van der Waals surface area contributed by atoms with Gasteiger partial charge in [-0.15, -0.1) is 0 Å². The molecule has 0 aliphatic rings. The van der Waals surface area contributed by atoms with Gasteiger partial charge in [-0.05, 0) is 55.8 Å². The van der Waals surface area contributed by atoms with Gasteiger partial charge in [-0.2, -0.15) is 0 Å². The van der Waals surface area contributed by atoms with Crippen LogP contribution in [0.4, 0.5) is 0 Å². The van der Waals surface area contributed by atoms with Crippen LogP contribution < -0.4 is 14.2 Å². The molecule has 6 heteroatoms. The molecule has 3 rings (SSSR count). The molecule has 0 saturated carbocycles. The second kappa shape index (κ2) is 10.3. The van der Waals surface area contributed by atoms with E-state index in [1.54, 1.807) is 24.3 Å². The molecule has 0 bridgehead atoms. The fraction of sp³-hybridized carbons (Fsp3) is 0.200. The standard InChI is InChI=1S/C25H25NO5/c1-17(2)30-23-12-18(13-25(27)28)11-22(15-23)29-16-24(26)19-7-6-10-21(14-19)31-20-8-4-3-5-9-20/h3-12,14-15,17,26H,13,16H2,1-2H3,(H,27,28). The van der Waals surface area contributed by atoms with Crippen LogP contribution in [0, 0.1) is 5.41 Å². The highest BCUT2D eigenvalue weighted by Gasteiger charge is 2.10. The van der Waals surface area contributed by atoms with Gasteiger partial charge in [0.05, 0.1) is 18.2 Å². The molecule has 0 aliphatic heterocycles. The van der Waals surface area contributed by atoms with Gasteiger partial charge >= 0.3 is 5.97 Å². The Labute approximate surface area is 181 Å². The van der Waals surface area contributed by atoms with E-state index in [4.69, 9.17) is 24.7 Å². The lowest BCUT2D eigenvalue weighted by Gasteiger charge is -2.14. The quantitative estimate of drug-likeness (QED) is 0.433. The van der Waals surface area contributed by atoms with Crippen LogP contribution >= 0.6 is 0 Å². The van der Waals surface area contributed by atoms with E-state index in [9.17, 15) is 4.79 Å². The molecule has 0 radical (unpaired) electrons. The van der Waals surface area contributed by atoms with Crippen molar-refractivity contribution in [2.45, 2.75) is 26.4 Å². The average molecular weight is 419 g/mol. The Morgan fingerprint density at radius 1 is 0.903 bits per heavy atom. The molecule has 160 valence electrons. The van der Waals surface area contributed by atoms with Crippen molar-refractivity contribution >= 4 is 11.7 Å². The van der Waals surface area contributed by atoms with Crippen LogP contribution in [0.25, 0.3) is 0 Å². The first-order valence-electron chi connectivity index (χ1n) is 9.95. The number of ether oxygens (including phenoxy) is 3. The molecular formula is C25H25NO5. The number of carboxylic acid groups (broad SMARTS) is 1. The molecule has 3 aromatic carbocycles. The number of hydrogen-bond donors (Lipinski definition) is 2. The minimum Gasteiger partial charge on any atom is -0.491 e. The molecule has 6 nitrogen and oxygen atoms in total. The predicted octanol–water partition coefficient (Wildman–Crippen LogP) is 5.34. The van der Waals surface area contributed by atoms with Crippen molar-refractivity contribution in [1.82, 2.24) is 0 Å². The maximum Gasteiger partial charge on any atom is 0.307 e. The summed E-state index contributed by atoms with van der Waals surface area (Å²) in [6.07, 6.45) is -0.194. The molecule has 3 aromatic rings. The number of aliphatic carboxylic acids is 1. The van der Waals surface area contributed by atoms with Gasteiger partial charge in [0.2, 0.25) is 0 Å². The van der Waals surface area contributed by atoms with Crippen molar-refractivity contribution in [3.63, 3.8) is 0 Å². The fourth-order valence-electron chi connectivity index (χ4n) is 2.94. The van der Waals surface area contributed by atoms with Crippen LogP contribution in [0.3, 0.4) is 0 Å². The van der Waals surface area contributed by atoms with Gasteiger partial charge in [0.25, 0.3) is 0 Å². The lowest BCUT2D eigenvalue weighted by molar-refractivity contribution is -0.136. The highest BCUT2D eigenvalue weighted by molar-refractivity contribution is 5.99. The first kappa shape index (κ1) is 21.9. The first-order valence-corrected chi connectivity index (χ1v) is 9.95. The van der Waals surface area contributed by atoms with E-state index in [-0.39, 0.29) is 24.8 Å². The smallest absolute Gasteiger partial charge is 0.307 e. The summed E-state index contributed by atoms with van der Waals surface area (Å²) in [7, 11) is 0. The van der Waals surface area contributed by atoms with Crippen molar-refractivity contribution in [3.05, 3.63) is 83.9 Å². The van der Waals surface area contributed by atoms with E-state index >= 15 is 0 Å². The van der Waals surface area contributed by atoms with Crippen LogP contribution in [0.1, 0.15) is 25.0 Å². The van der Waals surface area contributed by atoms with Crippen LogP contribution in [0.15, 0.2) is 72.8 Å². The largest absolute Gasteiger partial charge is 0.491 e. The number of hydrogen-bond acceptors (Lipinski definition) is 5. The monoisotopic (exact) mass is 419 g/mol. The molecule has 0 spiro atoms. The minimum atomic E-state index is -0.935. The van der Waals surface area contributed by atoms with Crippen LogP contribution in [-0.2, 0) is 11.2 Å². The average Bonchev–Trinajstić information content (AvgIpc) is 2.72. The fourth-order valence-corrected chi connectivity index (χ4v) is 2.94. The Morgan fingerprint density at radius 3 is 2.32 bits per heavy atom. The molecule has 0 saturated heterocycles. The number of carboxylic acids is 1. The SMILES string of the molecule is CC(C)Oc1cc(CC(=O)O)cc(OCC(=N)c2cccc(Oc3ccccc3)c2)c1. The van der Waals surface area contributed by atoms with Crippen molar-refractivity contribution in [3.8, 4) is 23.0 Å². The van der Waals surface area contributed by atoms with Gasteiger partial charge in [0.1, 0.15) is 29.6 Å². The topological polar surface area (TPSA) is 88.8 Å². The van der Waals surface area contributed by atoms with Gasteiger partial charge in [-0.25, -0.2) is 0 Å². The maximum atomic E-state index is 11.1. The molecule has 2 N–H and O–H groups in total. The molecule has 0 aromatic heterocycles. The van der Waals surface area contributed by atoms with Crippen molar-refractivity contribution in [2.75, 3.05) is 6.61 Å². The Kier molecular flexibility index (Phi) is 7.27. The van der Waals surface area contributed by atoms with E-state index in [1.807, 2.05) is 62.4 Å².